The summed E-state index contributed by atoms with van der Waals surface area (Å²) in [4.78, 5) is 4.39. The summed E-state index contributed by atoms with van der Waals surface area (Å²) < 4.78 is 30.4. The molecular formula is C5H3NO3S3. The third-order valence-corrected chi connectivity index (χ3v) is 4.39. The number of thiazole rings is 1. The molecular weight excluding hydrogens is 218 g/mol. The van der Waals surface area contributed by atoms with Crippen LogP contribution in [0.3, 0.4) is 0 Å². The van der Waals surface area contributed by atoms with E-state index in [4.69, 9.17) is 4.55 Å². The van der Waals surface area contributed by atoms with Gasteiger partial charge in [0.25, 0.3) is 0 Å². The highest BCUT2D eigenvalue weighted by molar-refractivity contribution is 7.88. The van der Waals surface area contributed by atoms with Gasteiger partial charge in [-0.1, -0.05) is 11.3 Å². The molecule has 2 aromatic rings. The Bertz CT molecular complexity index is 480. The van der Waals surface area contributed by atoms with Gasteiger partial charge in [-0.15, -0.1) is 11.3 Å². The molecule has 4 nitrogen and oxygen atoms in total. The number of rotatable bonds is 1. The molecule has 12 heavy (non-hydrogen) atoms. The second kappa shape index (κ2) is 2.49. The predicted octanol–water partition coefficient (Wildman–Crippen LogP) is 1.60. The normalized spacial score (nSPS) is 12.4. The van der Waals surface area contributed by atoms with Gasteiger partial charge in [0.05, 0.1) is 4.70 Å². The predicted molar refractivity (Wildman–Crippen MR) is 47.3 cm³/mol. The fourth-order valence-corrected chi connectivity index (χ4v) is 3.38. The summed E-state index contributed by atoms with van der Waals surface area (Å²) in [6.45, 7) is 0. The van der Waals surface area contributed by atoms with Gasteiger partial charge < -0.3 is 0 Å². The number of nitrogens with zero attached hydrogens (tertiary/aromatic N) is 1. The van der Waals surface area contributed by atoms with E-state index in [1.54, 1.807) is 6.07 Å². The van der Waals surface area contributed by atoms with E-state index in [0.717, 1.165) is 16.0 Å². The molecule has 2 aromatic heterocycles. The highest BCUT2D eigenvalue weighted by atomic mass is 32.3. The largest absolute Gasteiger partial charge is 0.322 e. The Kier molecular flexibility index (Phi) is 1.69. The average Bonchev–Trinajstić information content (AvgIpc) is 2.37. The fraction of sp³-hybridized carbons (Fsp3) is 0. The van der Waals surface area contributed by atoms with Crippen molar-refractivity contribution in [2.75, 3.05) is 0 Å². The molecule has 1 N–H and O–H groups in total. The van der Waals surface area contributed by atoms with Crippen molar-refractivity contribution >= 4 is 42.3 Å². The first-order valence-corrected chi connectivity index (χ1v) is 6.02. The van der Waals surface area contributed by atoms with E-state index in [0.29, 0.717) is 4.83 Å². The second-order valence-electron chi connectivity index (χ2n) is 2.04. The van der Waals surface area contributed by atoms with Crippen LogP contribution in [0.1, 0.15) is 0 Å². The third kappa shape index (κ3) is 1.24. The van der Waals surface area contributed by atoms with E-state index in [1.807, 2.05) is 5.38 Å². The molecule has 2 heterocycles. The first kappa shape index (κ1) is 8.11. The zero-order chi connectivity index (χ0) is 8.77. The second-order valence-corrected chi connectivity index (χ2v) is 5.57. The molecule has 0 atom stereocenters. The van der Waals surface area contributed by atoms with Gasteiger partial charge in [0.1, 0.15) is 4.83 Å². The number of fused-ring (bicyclic) bond motifs is 1. The summed E-state index contributed by atoms with van der Waals surface area (Å²) in [6.07, 6.45) is 0. The highest BCUT2D eigenvalue weighted by Gasteiger charge is 2.15. The molecule has 7 heteroatoms. The Balaban J connectivity index is 2.75. The monoisotopic (exact) mass is 221 g/mol. The van der Waals surface area contributed by atoms with Crippen molar-refractivity contribution in [3.05, 3.63) is 11.4 Å². The molecule has 0 amide bonds. The van der Waals surface area contributed by atoms with Crippen LogP contribution in [0.15, 0.2) is 15.8 Å². The molecule has 0 saturated carbocycles. The van der Waals surface area contributed by atoms with Crippen LogP contribution in [0.25, 0.3) is 9.53 Å². The summed E-state index contributed by atoms with van der Waals surface area (Å²) in [5.41, 5.74) is 0. The van der Waals surface area contributed by atoms with Crippen LogP contribution in [0.5, 0.6) is 0 Å². The number of hydrogen-bond donors (Lipinski definition) is 1. The van der Waals surface area contributed by atoms with E-state index >= 15 is 0 Å². The Morgan fingerprint density at radius 3 is 2.83 bits per heavy atom. The molecule has 0 saturated heterocycles. The lowest BCUT2D eigenvalue weighted by Gasteiger charge is -1.84. The topological polar surface area (TPSA) is 67.3 Å². The lowest BCUT2D eigenvalue weighted by Crippen LogP contribution is -1.95. The van der Waals surface area contributed by atoms with Gasteiger partial charge in [-0.25, -0.2) is 4.98 Å². The molecule has 0 aromatic carbocycles. The van der Waals surface area contributed by atoms with Gasteiger partial charge in [0.2, 0.25) is 4.34 Å². The van der Waals surface area contributed by atoms with Gasteiger partial charge in [-0.2, -0.15) is 8.42 Å². The molecule has 0 unspecified atom stereocenters. The van der Waals surface area contributed by atoms with Gasteiger partial charge in [-0.05, 0) is 11.4 Å². The minimum absolute atomic E-state index is 0.232. The first-order valence-electron chi connectivity index (χ1n) is 2.89. The maximum Gasteiger partial charge on any atom is 0.322 e. The maximum absolute atomic E-state index is 10.6. The zero-order valence-electron chi connectivity index (χ0n) is 5.59. The number of hydrogen-bond acceptors (Lipinski definition) is 5. The van der Waals surface area contributed by atoms with Crippen molar-refractivity contribution in [1.29, 1.82) is 0 Å². The lowest BCUT2D eigenvalue weighted by atomic mass is 10.6. The summed E-state index contributed by atoms with van der Waals surface area (Å²) in [5.74, 6) is 0. The quantitative estimate of drug-likeness (QED) is 0.743. The molecule has 0 bridgehead atoms. The molecule has 0 aliphatic heterocycles. The van der Waals surface area contributed by atoms with Gasteiger partial charge in [0.15, 0.2) is 0 Å². The van der Waals surface area contributed by atoms with Crippen LogP contribution >= 0.6 is 22.7 Å². The van der Waals surface area contributed by atoms with Gasteiger partial charge in [0, 0.05) is 0 Å². The summed E-state index contributed by atoms with van der Waals surface area (Å²) in [5, 5.41) is 1.82. The van der Waals surface area contributed by atoms with E-state index < -0.39 is 10.1 Å². The molecule has 0 fully saturated rings. The zero-order valence-corrected chi connectivity index (χ0v) is 8.04. The molecule has 0 aliphatic rings. The van der Waals surface area contributed by atoms with Crippen molar-refractivity contribution in [3.63, 3.8) is 0 Å². The van der Waals surface area contributed by atoms with Crippen LogP contribution in [0.2, 0.25) is 0 Å². The minimum Gasteiger partial charge on any atom is -0.280 e. The summed E-state index contributed by atoms with van der Waals surface area (Å²) in [6, 6.07) is 1.77. The van der Waals surface area contributed by atoms with Crippen LogP contribution in [-0.4, -0.2) is 18.0 Å². The molecule has 0 spiro atoms. The Hall–Kier alpha value is -0.500. The third-order valence-electron chi connectivity index (χ3n) is 1.22. The molecule has 64 valence electrons. The van der Waals surface area contributed by atoms with Crippen molar-refractivity contribution < 1.29 is 13.0 Å². The summed E-state index contributed by atoms with van der Waals surface area (Å²) in [7, 11) is -4.12. The fourth-order valence-electron chi connectivity index (χ4n) is 0.759. The van der Waals surface area contributed by atoms with Crippen molar-refractivity contribution in [1.82, 2.24) is 4.98 Å². The SMILES string of the molecule is O=S(=O)(O)c1nc2sccc2s1. The Morgan fingerprint density at radius 1 is 1.50 bits per heavy atom. The number of thiophene rings is 1. The average molecular weight is 221 g/mol. The van der Waals surface area contributed by atoms with E-state index in [-0.39, 0.29) is 4.34 Å². The smallest absolute Gasteiger partial charge is 0.280 e. The molecule has 0 aliphatic carbocycles. The Morgan fingerprint density at radius 2 is 2.25 bits per heavy atom. The lowest BCUT2D eigenvalue weighted by molar-refractivity contribution is 0.482. The minimum atomic E-state index is -4.12. The number of aromatic nitrogens is 1. The van der Waals surface area contributed by atoms with Crippen LogP contribution < -0.4 is 0 Å². The molecule has 0 radical (unpaired) electrons. The Labute approximate surface area is 76.2 Å². The van der Waals surface area contributed by atoms with Crippen molar-refractivity contribution in [3.8, 4) is 0 Å². The molecule has 2 rings (SSSR count). The van der Waals surface area contributed by atoms with Gasteiger partial charge in [-0.3, -0.25) is 4.55 Å². The van der Waals surface area contributed by atoms with E-state index in [1.165, 1.54) is 11.3 Å². The van der Waals surface area contributed by atoms with Crippen LogP contribution in [-0.2, 0) is 10.1 Å². The first-order chi connectivity index (χ1) is 5.57. The van der Waals surface area contributed by atoms with E-state index in [2.05, 4.69) is 4.98 Å². The standard InChI is InChI=1S/C5H3NO3S3/c7-12(8,9)5-6-4-3(11-5)1-2-10-4/h1-2H,(H,7,8,9). The summed E-state index contributed by atoms with van der Waals surface area (Å²) >= 11 is 2.32. The maximum atomic E-state index is 10.6. The van der Waals surface area contributed by atoms with Crippen LogP contribution in [0, 0.1) is 0 Å². The van der Waals surface area contributed by atoms with Crippen LogP contribution in [0.4, 0.5) is 0 Å². The van der Waals surface area contributed by atoms with Crippen molar-refractivity contribution in [2.45, 2.75) is 4.34 Å². The highest BCUT2D eigenvalue weighted by Crippen LogP contribution is 2.28. The van der Waals surface area contributed by atoms with Crippen molar-refractivity contribution in [2.24, 2.45) is 0 Å². The van der Waals surface area contributed by atoms with E-state index in [9.17, 15) is 8.42 Å². The van der Waals surface area contributed by atoms with Gasteiger partial charge >= 0.3 is 10.1 Å².